The first-order valence-corrected chi connectivity index (χ1v) is 16.9. The summed E-state index contributed by atoms with van der Waals surface area (Å²) in [5, 5.41) is 6.55. The van der Waals surface area contributed by atoms with Gasteiger partial charge in [0.15, 0.2) is 5.82 Å². The molecule has 0 radical (unpaired) electrons. The van der Waals surface area contributed by atoms with Gasteiger partial charge in [0.05, 0.1) is 19.0 Å². The third-order valence-electron chi connectivity index (χ3n) is 10.1. The summed E-state index contributed by atoms with van der Waals surface area (Å²) in [6, 6.07) is 6.05. The van der Waals surface area contributed by atoms with Crippen molar-refractivity contribution in [3.8, 4) is 5.75 Å². The number of benzene rings is 1. The molecular weight excluding hydrogens is 675 g/mol. The number of nitrogens with zero attached hydrogens (tertiary/aromatic N) is 6. The van der Waals surface area contributed by atoms with Crippen molar-refractivity contribution in [3.63, 3.8) is 0 Å². The number of methoxy groups -OCH3 is 1. The fraction of sp³-hybridized carbons (Fsp3) is 0.647. The molecule has 2 aliphatic heterocycles. The number of halogens is 3. The molecule has 11 nitrogen and oxygen atoms in total. The highest BCUT2D eigenvalue weighted by Crippen LogP contribution is 2.37. The Bertz CT molecular complexity index is 1380. The molecule has 3 fully saturated rings. The van der Waals surface area contributed by atoms with E-state index in [1.54, 1.807) is 31.3 Å². The predicted molar refractivity (Wildman–Crippen MR) is 199 cm³/mol. The third-order valence-corrected chi connectivity index (χ3v) is 10.1. The molecule has 3 heterocycles. The SMILES string of the molecule is CCC1C(=O)N(C)c2cnc(Nc3ccc(C(=O)NC4CCC(N5CCN(CC6CC6)CC5)CC4)cc3OC)nc2N1C(C)C.Cl.Cl.Cl. The number of ether oxygens (including phenoxy) is 1. The Morgan fingerprint density at radius 3 is 2.31 bits per heavy atom. The number of aromatic nitrogens is 2. The van der Waals surface area contributed by atoms with Crippen LogP contribution in [0.5, 0.6) is 5.75 Å². The van der Waals surface area contributed by atoms with E-state index in [2.05, 4.69) is 44.2 Å². The molecule has 268 valence electrons. The number of rotatable bonds is 10. The lowest BCUT2D eigenvalue weighted by atomic mass is 9.89. The van der Waals surface area contributed by atoms with Crippen molar-refractivity contribution in [2.24, 2.45) is 5.92 Å². The maximum atomic E-state index is 13.3. The van der Waals surface area contributed by atoms with Gasteiger partial charge < -0.3 is 30.1 Å². The van der Waals surface area contributed by atoms with Crippen LogP contribution in [0.1, 0.15) is 76.1 Å². The smallest absolute Gasteiger partial charge is 0.251 e. The second kappa shape index (κ2) is 17.4. The van der Waals surface area contributed by atoms with Crippen molar-refractivity contribution in [3.05, 3.63) is 30.0 Å². The minimum atomic E-state index is -0.278. The summed E-state index contributed by atoms with van der Waals surface area (Å²) < 4.78 is 5.68. The highest BCUT2D eigenvalue weighted by atomic mass is 35.5. The summed E-state index contributed by atoms with van der Waals surface area (Å²) >= 11 is 0. The molecule has 0 spiro atoms. The number of anilines is 4. The summed E-state index contributed by atoms with van der Waals surface area (Å²) in [6.45, 7) is 12.2. The predicted octanol–water partition coefficient (Wildman–Crippen LogP) is 5.53. The molecule has 2 N–H and O–H groups in total. The van der Waals surface area contributed by atoms with Crippen LogP contribution < -0.4 is 25.2 Å². The van der Waals surface area contributed by atoms with E-state index in [9.17, 15) is 9.59 Å². The van der Waals surface area contributed by atoms with Crippen molar-refractivity contribution in [2.45, 2.75) is 89.9 Å². The van der Waals surface area contributed by atoms with Gasteiger partial charge in [-0.15, -0.1) is 37.2 Å². The molecule has 6 rings (SSSR count). The Morgan fingerprint density at radius 1 is 1.02 bits per heavy atom. The van der Waals surface area contributed by atoms with E-state index in [4.69, 9.17) is 9.72 Å². The largest absolute Gasteiger partial charge is 0.495 e. The number of fused-ring (bicyclic) bond motifs is 1. The van der Waals surface area contributed by atoms with Crippen LogP contribution in [0.15, 0.2) is 24.4 Å². The topological polar surface area (TPSA) is 106 Å². The van der Waals surface area contributed by atoms with E-state index in [1.807, 2.05) is 19.1 Å². The number of piperazine rings is 1. The van der Waals surface area contributed by atoms with E-state index < -0.39 is 0 Å². The molecule has 1 aromatic carbocycles. The fourth-order valence-corrected chi connectivity index (χ4v) is 7.32. The number of amides is 2. The van der Waals surface area contributed by atoms with Crippen LogP contribution in [0.2, 0.25) is 0 Å². The maximum Gasteiger partial charge on any atom is 0.251 e. The number of nitrogens with one attached hydrogen (secondary N) is 2. The van der Waals surface area contributed by atoms with Crippen molar-refractivity contribution in [1.82, 2.24) is 25.1 Å². The molecule has 1 unspecified atom stereocenters. The lowest BCUT2D eigenvalue weighted by Crippen LogP contribution is -2.54. The third kappa shape index (κ3) is 8.77. The Balaban J connectivity index is 0.00000208. The van der Waals surface area contributed by atoms with E-state index in [0.717, 1.165) is 37.4 Å². The molecular formula is C34H53Cl3N8O3. The molecule has 14 heteroatoms. The maximum absolute atomic E-state index is 13.3. The Morgan fingerprint density at radius 2 is 1.71 bits per heavy atom. The molecule has 48 heavy (non-hydrogen) atoms. The molecule has 2 saturated carbocycles. The van der Waals surface area contributed by atoms with Crippen LogP contribution in [0.3, 0.4) is 0 Å². The summed E-state index contributed by atoms with van der Waals surface area (Å²) in [5.41, 5.74) is 1.91. The summed E-state index contributed by atoms with van der Waals surface area (Å²) in [5.74, 6) is 2.59. The van der Waals surface area contributed by atoms with Gasteiger partial charge in [-0.05, 0) is 82.9 Å². The van der Waals surface area contributed by atoms with Gasteiger partial charge in [0.1, 0.15) is 17.5 Å². The number of carbonyl (C=O) groups is 2. The van der Waals surface area contributed by atoms with Crippen LogP contribution in [0, 0.1) is 5.92 Å². The van der Waals surface area contributed by atoms with E-state index in [-0.39, 0.29) is 67.2 Å². The van der Waals surface area contributed by atoms with Gasteiger partial charge in [0, 0.05) is 63.5 Å². The van der Waals surface area contributed by atoms with Gasteiger partial charge in [-0.1, -0.05) is 6.92 Å². The zero-order valence-electron chi connectivity index (χ0n) is 28.8. The summed E-state index contributed by atoms with van der Waals surface area (Å²) in [7, 11) is 3.36. The molecule has 2 amide bonds. The quantitative estimate of drug-likeness (QED) is 0.327. The van der Waals surface area contributed by atoms with E-state index in [0.29, 0.717) is 41.1 Å². The van der Waals surface area contributed by atoms with Crippen LogP contribution >= 0.6 is 37.2 Å². The number of likely N-dealkylation sites (N-methyl/N-ethyl adjacent to an activating group) is 1. The second-order valence-corrected chi connectivity index (χ2v) is 13.5. The normalized spacial score (nSPS) is 23.0. The van der Waals surface area contributed by atoms with E-state index >= 15 is 0 Å². The van der Waals surface area contributed by atoms with Crippen molar-refractivity contribution >= 4 is 72.2 Å². The Kier molecular flexibility index (Phi) is 14.4. The van der Waals surface area contributed by atoms with Crippen molar-refractivity contribution in [2.75, 3.05) is 62.0 Å². The van der Waals surface area contributed by atoms with Gasteiger partial charge >= 0.3 is 0 Å². The first-order valence-electron chi connectivity index (χ1n) is 16.9. The number of carbonyl (C=O) groups excluding carboxylic acids is 2. The molecule has 1 saturated heterocycles. The van der Waals surface area contributed by atoms with Crippen molar-refractivity contribution in [1.29, 1.82) is 0 Å². The van der Waals surface area contributed by atoms with Crippen molar-refractivity contribution < 1.29 is 14.3 Å². The molecule has 2 aliphatic carbocycles. The average Bonchev–Trinajstić information content (AvgIpc) is 3.87. The minimum Gasteiger partial charge on any atom is -0.495 e. The standard InChI is InChI=1S/C34H50N8O3.3ClH/c1-6-28-33(44)39(4)29-20-35-34(38-31(29)42(28)22(2)3)37-27-14-9-24(19-30(27)45-5)32(43)36-25-10-12-26(13-11-25)41-17-15-40(16-18-41)21-23-7-8-23;;;/h9,14,19-20,22-23,25-26,28H,6-8,10-13,15-18,21H2,1-5H3,(H,36,43)(H,35,37,38);3*1H. The highest BCUT2D eigenvalue weighted by molar-refractivity contribution is 6.04. The molecule has 0 bridgehead atoms. The Labute approximate surface area is 304 Å². The molecule has 1 aromatic heterocycles. The Hall–Kier alpha value is -2.57. The van der Waals surface area contributed by atoms with Gasteiger partial charge in [0.25, 0.3) is 5.91 Å². The van der Waals surface area contributed by atoms with E-state index in [1.165, 1.54) is 45.6 Å². The second-order valence-electron chi connectivity index (χ2n) is 13.5. The lowest BCUT2D eigenvalue weighted by molar-refractivity contribution is -0.120. The first-order chi connectivity index (χ1) is 21.7. The van der Waals surface area contributed by atoms with Crippen LogP contribution in [0.25, 0.3) is 0 Å². The van der Waals surface area contributed by atoms with Gasteiger partial charge in [0.2, 0.25) is 11.9 Å². The number of hydrogen-bond donors (Lipinski definition) is 2. The first kappa shape index (κ1) is 39.9. The molecule has 2 aromatic rings. The summed E-state index contributed by atoms with van der Waals surface area (Å²) in [6.07, 6.45) is 9.51. The zero-order chi connectivity index (χ0) is 31.7. The fourth-order valence-electron chi connectivity index (χ4n) is 7.32. The number of hydrogen-bond acceptors (Lipinski definition) is 9. The average molecular weight is 728 g/mol. The minimum absolute atomic E-state index is 0. The van der Waals surface area contributed by atoms with Crippen LogP contribution in [-0.2, 0) is 4.79 Å². The molecule has 4 aliphatic rings. The van der Waals surface area contributed by atoms with Crippen LogP contribution in [-0.4, -0.2) is 103 Å². The highest BCUT2D eigenvalue weighted by Gasteiger charge is 2.38. The lowest BCUT2D eigenvalue weighted by Gasteiger charge is -2.42. The monoisotopic (exact) mass is 726 g/mol. The zero-order valence-corrected chi connectivity index (χ0v) is 31.3. The molecule has 1 atom stereocenters. The van der Waals surface area contributed by atoms with Gasteiger partial charge in [-0.25, -0.2) is 4.98 Å². The van der Waals surface area contributed by atoms with Gasteiger partial charge in [-0.3, -0.25) is 14.5 Å². The van der Waals surface area contributed by atoms with Gasteiger partial charge in [-0.2, -0.15) is 4.98 Å². The summed E-state index contributed by atoms with van der Waals surface area (Å²) in [4.78, 5) is 44.6. The van der Waals surface area contributed by atoms with Crippen LogP contribution in [0.4, 0.5) is 23.1 Å².